The summed E-state index contributed by atoms with van der Waals surface area (Å²) in [6.07, 6.45) is 1.61. The third kappa shape index (κ3) is 4.25. The van der Waals surface area contributed by atoms with Crippen LogP contribution in [0.5, 0.6) is 11.5 Å². The molecule has 11 nitrogen and oxygen atoms in total. The average molecular weight is 479 g/mol. The van der Waals surface area contributed by atoms with Gasteiger partial charge in [-0.1, -0.05) is 6.07 Å². The summed E-state index contributed by atoms with van der Waals surface area (Å²) in [5.41, 5.74) is 7.62. The van der Waals surface area contributed by atoms with E-state index in [2.05, 4.69) is 10.2 Å². The first-order valence-electron chi connectivity index (χ1n) is 11.5. The van der Waals surface area contributed by atoms with Gasteiger partial charge in [-0.25, -0.2) is 0 Å². The van der Waals surface area contributed by atoms with Crippen molar-refractivity contribution in [2.24, 2.45) is 5.92 Å². The number of nitrogens with zero attached hydrogens (tertiary/aromatic N) is 4. The first-order valence-corrected chi connectivity index (χ1v) is 11.5. The third-order valence-corrected chi connectivity index (χ3v) is 6.44. The molecule has 3 heterocycles. The number of carbonyl (C=O) groups is 1. The van der Waals surface area contributed by atoms with Crippen molar-refractivity contribution >= 4 is 33.9 Å². The largest absolute Gasteiger partial charge is 0.466 e. The number of anilines is 2. The number of hydrogen-bond acceptors (Lipinski definition) is 10. The maximum Gasteiger partial charge on any atom is 0.309 e. The van der Waals surface area contributed by atoms with Crippen LogP contribution in [-0.2, 0) is 16.0 Å². The highest BCUT2D eigenvalue weighted by Crippen LogP contribution is 2.39. The van der Waals surface area contributed by atoms with Gasteiger partial charge in [0.15, 0.2) is 17.3 Å². The van der Waals surface area contributed by atoms with Crippen LogP contribution in [0.4, 0.5) is 17.2 Å². The number of fused-ring (bicyclic) bond motifs is 2. The van der Waals surface area contributed by atoms with Crippen molar-refractivity contribution in [1.82, 2.24) is 10.2 Å². The highest BCUT2D eigenvalue weighted by molar-refractivity contribution is 6.04. The molecule has 0 atom stereocenters. The zero-order valence-corrected chi connectivity index (χ0v) is 19.2. The molecule has 0 unspecified atom stereocenters. The van der Waals surface area contributed by atoms with E-state index < -0.39 is 4.92 Å². The number of nitro groups is 1. The van der Waals surface area contributed by atoms with E-state index in [9.17, 15) is 14.9 Å². The van der Waals surface area contributed by atoms with Gasteiger partial charge in [0.2, 0.25) is 6.79 Å². The number of piperidine rings is 1. The van der Waals surface area contributed by atoms with Crippen molar-refractivity contribution in [3.63, 3.8) is 0 Å². The Morgan fingerprint density at radius 3 is 2.71 bits per heavy atom. The maximum atomic E-state index is 12.1. The molecule has 2 aliphatic heterocycles. The Labute approximate surface area is 200 Å². The van der Waals surface area contributed by atoms with Crippen LogP contribution in [0, 0.1) is 16.0 Å². The van der Waals surface area contributed by atoms with Crippen molar-refractivity contribution in [1.29, 1.82) is 0 Å². The Balaban J connectivity index is 1.51. The van der Waals surface area contributed by atoms with E-state index >= 15 is 0 Å². The van der Waals surface area contributed by atoms with E-state index in [1.165, 1.54) is 6.07 Å². The second kappa shape index (κ2) is 9.24. The van der Waals surface area contributed by atoms with Gasteiger partial charge < -0.3 is 24.8 Å². The van der Waals surface area contributed by atoms with Crippen molar-refractivity contribution in [2.75, 3.05) is 37.1 Å². The standard InChI is InChI=1S/C24H25N5O6/c1-2-33-24(30)15-7-9-28(10-8-15)23-16-4-5-18(29(31)32)22(25)21(16)17(26-27-23)11-14-3-6-19-20(12-14)35-13-34-19/h3-6,12,15H,2,7-11,13,25H2,1H3. The zero-order chi connectivity index (χ0) is 24.5. The number of hydrogen-bond donors (Lipinski definition) is 1. The number of ether oxygens (including phenoxy) is 3. The maximum absolute atomic E-state index is 12.1. The summed E-state index contributed by atoms with van der Waals surface area (Å²) in [6.45, 7) is 3.50. The summed E-state index contributed by atoms with van der Waals surface area (Å²) in [5.74, 6) is 1.57. The molecule has 1 saturated heterocycles. The predicted molar refractivity (Wildman–Crippen MR) is 128 cm³/mol. The van der Waals surface area contributed by atoms with Gasteiger partial charge in [0, 0.05) is 36.3 Å². The van der Waals surface area contributed by atoms with E-state index in [4.69, 9.17) is 19.9 Å². The summed E-state index contributed by atoms with van der Waals surface area (Å²) in [4.78, 5) is 25.3. The third-order valence-electron chi connectivity index (χ3n) is 6.44. The average Bonchev–Trinajstić information content (AvgIpc) is 3.32. The number of esters is 1. The summed E-state index contributed by atoms with van der Waals surface area (Å²) in [5, 5.41) is 21.8. The summed E-state index contributed by atoms with van der Waals surface area (Å²) in [6, 6.07) is 8.65. The second-order valence-electron chi connectivity index (χ2n) is 8.53. The summed E-state index contributed by atoms with van der Waals surface area (Å²) < 4.78 is 16.0. The topological polar surface area (TPSA) is 143 Å². The van der Waals surface area contributed by atoms with Gasteiger partial charge >= 0.3 is 5.97 Å². The number of aromatic nitrogens is 2. The molecule has 0 bridgehead atoms. The number of nitrogens with two attached hydrogens (primary N) is 1. The minimum atomic E-state index is -0.496. The smallest absolute Gasteiger partial charge is 0.309 e. The monoisotopic (exact) mass is 479 g/mol. The van der Waals surface area contributed by atoms with Gasteiger partial charge in [-0.3, -0.25) is 14.9 Å². The fraction of sp³-hybridized carbons (Fsp3) is 0.375. The molecular weight excluding hydrogens is 454 g/mol. The number of nitrogen functional groups attached to an aromatic ring is 1. The molecule has 182 valence electrons. The molecule has 2 aromatic carbocycles. The summed E-state index contributed by atoms with van der Waals surface area (Å²) in [7, 11) is 0. The van der Waals surface area contributed by atoms with Gasteiger partial charge in [-0.05, 0) is 43.5 Å². The minimum absolute atomic E-state index is 0.0563. The Bertz CT molecular complexity index is 1310. The van der Waals surface area contributed by atoms with Crippen LogP contribution in [-0.4, -0.2) is 47.6 Å². The SMILES string of the molecule is CCOC(=O)C1CCN(c2nnc(Cc3ccc4c(c3)OCO4)c3c(N)c([N+](=O)[O-])ccc23)CC1. The summed E-state index contributed by atoms with van der Waals surface area (Å²) >= 11 is 0. The molecule has 0 amide bonds. The minimum Gasteiger partial charge on any atom is -0.466 e. The molecule has 1 fully saturated rings. The van der Waals surface area contributed by atoms with Gasteiger partial charge in [0.25, 0.3) is 5.69 Å². The molecule has 0 saturated carbocycles. The molecule has 0 aliphatic carbocycles. The van der Waals surface area contributed by atoms with Crippen LogP contribution in [0.1, 0.15) is 31.0 Å². The van der Waals surface area contributed by atoms with Crippen molar-refractivity contribution in [2.45, 2.75) is 26.2 Å². The van der Waals surface area contributed by atoms with Crippen molar-refractivity contribution in [3.8, 4) is 11.5 Å². The van der Waals surface area contributed by atoms with Crippen LogP contribution >= 0.6 is 0 Å². The molecule has 3 aromatic rings. The fourth-order valence-corrected chi connectivity index (χ4v) is 4.67. The van der Waals surface area contributed by atoms with Gasteiger partial charge in [0.1, 0.15) is 5.69 Å². The second-order valence-corrected chi connectivity index (χ2v) is 8.53. The highest BCUT2D eigenvalue weighted by Gasteiger charge is 2.29. The first-order chi connectivity index (χ1) is 17.0. The van der Waals surface area contributed by atoms with Crippen LogP contribution in [0.3, 0.4) is 0 Å². The molecule has 5 rings (SSSR count). The van der Waals surface area contributed by atoms with Crippen LogP contribution in [0.15, 0.2) is 30.3 Å². The van der Waals surface area contributed by atoms with E-state index in [0.717, 1.165) is 5.56 Å². The van der Waals surface area contributed by atoms with Crippen LogP contribution in [0.2, 0.25) is 0 Å². The predicted octanol–water partition coefficient (Wildman–Crippen LogP) is 3.22. The lowest BCUT2D eigenvalue weighted by atomic mass is 9.96. The molecular formula is C24H25N5O6. The fourth-order valence-electron chi connectivity index (χ4n) is 4.67. The van der Waals surface area contributed by atoms with Crippen LogP contribution in [0.25, 0.3) is 10.8 Å². The lowest BCUT2D eigenvalue weighted by molar-refractivity contribution is -0.383. The van der Waals surface area contributed by atoms with E-state index in [-0.39, 0.29) is 30.1 Å². The highest BCUT2D eigenvalue weighted by atomic mass is 16.7. The molecule has 0 spiro atoms. The Morgan fingerprint density at radius 2 is 1.97 bits per heavy atom. The first kappa shape index (κ1) is 22.6. The number of nitro benzene ring substituents is 1. The zero-order valence-electron chi connectivity index (χ0n) is 19.2. The van der Waals surface area contributed by atoms with E-state index in [1.54, 1.807) is 13.0 Å². The molecule has 1 aromatic heterocycles. The van der Waals surface area contributed by atoms with Gasteiger partial charge in [-0.2, -0.15) is 5.10 Å². The normalized spacial score (nSPS) is 15.4. The quantitative estimate of drug-likeness (QED) is 0.242. The van der Waals surface area contributed by atoms with Gasteiger partial charge in [-0.15, -0.1) is 5.10 Å². The Kier molecular flexibility index (Phi) is 5.98. The van der Waals surface area contributed by atoms with Crippen LogP contribution < -0.4 is 20.1 Å². The Hall–Kier alpha value is -4.15. The number of benzene rings is 2. The Morgan fingerprint density at radius 1 is 1.20 bits per heavy atom. The number of carbonyl (C=O) groups excluding carboxylic acids is 1. The molecule has 35 heavy (non-hydrogen) atoms. The van der Waals surface area contributed by atoms with Crippen molar-refractivity contribution in [3.05, 3.63) is 51.7 Å². The van der Waals surface area contributed by atoms with Crippen molar-refractivity contribution < 1.29 is 23.9 Å². The molecule has 0 radical (unpaired) electrons. The molecule has 11 heteroatoms. The van der Waals surface area contributed by atoms with Gasteiger partial charge in [0.05, 0.1) is 23.1 Å². The lowest BCUT2D eigenvalue weighted by Gasteiger charge is -2.32. The van der Waals surface area contributed by atoms with E-state index in [0.29, 0.717) is 72.7 Å². The molecule has 2 N–H and O–H groups in total. The van der Waals surface area contributed by atoms with E-state index in [1.807, 2.05) is 23.1 Å². The molecule has 2 aliphatic rings. The lowest BCUT2D eigenvalue weighted by Crippen LogP contribution is -2.37. The number of rotatable bonds is 6.